The van der Waals surface area contributed by atoms with Crippen LogP contribution >= 0.6 is 0 Å². The molecule has 1 fully saturated rings. The van der Waals surface area contributed by atoms with Crippen LogP contribution in [0.2, 0.25) is 0 Å². The second kappa shape index (κ2) is 8.53. The second-order valence-corrected chi connectivity index (χ2v) is 8.98. The Morgan fingerprint density at radius 2 is 1.72 bits per heavy atom. The van der Waals surface area contributed by atoms with Crippen molar-refractivity contribution < 1.29 is 14.4 Å². The number of aromatic amines is 1. The summed E-state index contributed by atoms with van der Waals surface area (Å²) in [4.78, 5) is 47.1. The van der Waals surface area contributed by atoms with Crippen molar-refractivity contribution in [3.63, 3.8) is 0 Å². The monoisotopic (exact) mass is 476 g/mol. The van der Waals surface area contributed by atoms with Gasteiger partial charge in [0.2, 0.25) is 0 Å². The summed E-state index contributed by atoms with van der Waals surface area (Å²) in [5, 5.41) is 3.80. The van der Waals surface area contributed by atoms with E-state index in [9.17, 15) is 14.4 Å². The van der Waals surface area contributed by atoms with Gasteiger partial charge in [-0.25, -0.2) is 9.69 Å². The van der Waals surface area contributed by atoms with E-state index in [0.717, 1.165) is 32.6 Å². The second-order valence-electron chi connectivity index (χ2n) is 8.98. The lowest BCUT2D eigenvalue weighted by Crippen LogP contribution is -2.44. The first-order valence-electron chi connectivity index (χ1n) is 11.9. The lowest BCUT2D eigenvalue weighted by Gasteiger charge is -2.36. The number of fused-ring (bicyclic) bond motifs is 4. The van der Waals surface area contributed by atoms with Gasteiger partial charge in [-0.15, -0.1) is 6.58 Å². The van der Waals surface area contributed by atoms with Gasteiger partial charge in [0, 0.05) is 29.6 Å². The first-order valence-corrected chi connectivity index (χ1v) is 11.9. The SMILES string of the molecule is C=CCNC(=O)c1ccccc1N1C(=O)[C@@H]2Cc3c([nH]c4ccccc34)[C@H](c3ccccc3)N2C1=O. The zero-order valence-electron chi connectivity index (χ0n) is 19.5. The lowest BCUT2D eigenvalue weighted by molar-refractivity contribution is -0.120. The van der Waals surface area contributed by atoms with Crippen LogP contribution in [0.25, 0.3) is 10.9 Å². The molecule has 178 valence electrons. The van der Waals surface area contributed by atoms with Crippen LogP contribution in [0.15, 0.2) is 91.5 Å². The van der Waals surface area contributed by atoms with Gasteiger partial charge in [-0.2, -0.15) is 0 Å². The van der Waals surface area contributed by atoms with E-state index in [1.807, 2.05) is 54.6 Å². The van der Waals surface area contributed by atoms with Crippen LogP contribution in [-0.4, -0.2) is 40.3 Å². The van der Waals surface area contributed by atoms with Gasteiger partial charge in [-0.3, -0.25) is 14.5 Å². The molecule has 0 saturated carbocycles. The van der Waals surface area contributed by atoms with Crippen LogP contribution < -0.4 is 10.2 Å². The number of hydrogen-bond donors (Lipinski definition) is 2. The van der Waals surface area contributed by atoms with E-state index >= 15 is 0 Å². The molecule has 0 spiro atoms. The molecule has 0 radical (unpaired) electrons. The molecule has 2 N–H and O–H groups in total. The largest absolute Gasteiger partial charge is 0.356 e. The molecular weight excluding hydrogens is 452 g/mol. The number of anilines is 1. The molecule has 7 nitrogen and oxygen atoms in total. The molecule has 7 heteroatoms. The summed E-state index contributed by atoms with van der Waals surface area (Å²) in [5.74, 6) is -0.701. The molecule has 0 bridgehead atoms. The molecular formula is C29H24N4O3. The van der Waals surface area contributed by atoms with Crippen molar-refractivity contribution in [1.29, 1.82) is 0 Å². The highest BCUT2D eigenvalue weighted by Crippen LogP contribution is 2.45. The summed E-state index contributed by atoms with van der Waals surface area (Å²) in [7, 11) is 0. The number of carbonyl (C=O) groups is 3. The van der Waals surface area contributed by atoms with Crippen molar-refractivity contribution in [1.82, 2.24) is 15.2 Å². The summed E-state index contributed by atoms with van der Waals surface area (Å²) >= 11 is 0. The van der Waals surface area contributed by atoms with E-state index < -0.39 is 18.1 Å². The van der Waals surface area contributed by atoms with E-state index in [1.54, 1.807) is 35.2 Å². The Morgan fingerprint density at radius 3 is 2.53 bits per heavy atom. The van der Waals surface area contributed by atoms with E-state index in [0.29, 0.717) is 6.42 Å². The van der Waals surface area contributed by atoms with Crippen LogP contribution in [0, 0.1) is 0 Å². The number of imide groups is 1. The number of nitrogens with one attached hydrogen (secondary N) is 2. The van der Waals surface area contributed by atoms with Crippen LogP contribution in [0.3, 0.4) is 0 Å². The quantitative estimate of drug-likeness (QED) is 0.327. The molecule has 2 aliphatic heterocycles. The number of amides is 4. The van der Waals surface area contributed by atoms with Gasteiger partial charge in [0.1, 0.15) is 12.1 Å². The van der Waals surface area contributed by atoms with Gasteiger partial charge in [0.15, 0.2) is 0 Å². The maximum absolute atomic E-state index is 14.0. The number of H-pyrrole nitrogens is 1. The van der Waals surface area contributed by atoms with Crippen molar-refractivity contribution in [3.8, 4) is 0 Å². The van der Waals surface area contributed by atoms with Crippen molar-refractivity contribution in [2.45, 2.75) is 18.5 Å². The Morgan fingerprint density at radius 1 is 1.00 bits per heavy atom. The smallest absolute Gasteiger partial charge is 0.332 e. The molecule has 4 aromatic rings. The molecule has 1 saturated heterocycles. The third kappa shape index (κ3) is 3.24. The zero-order chi connectivity index (χ0) is 24.8. The molecule has 2 atom stereocenters. The fraction of sp³-hybridized carbons (Fsp3) is 0.138. The zero-order valence-corrected chi connectivity index (χ0v) is 19.5. The van der Waals surface area contributed by atoms with Gasteiger partial charge >= 0.3 is 6.03 Å². The number of urea groups is 1. The molecule has 6 rings (SSSR count). The maximum atomic E-state index is 14.0. The van der Waals surface area contributed by atoms with Gasteiger partial charge in [0.05, 0.1) is 11.3 Å². The van der Waals surface area contributed by atoms with Gasteiger partial charge in [0.25, 0.3) is 11.8 Å². The predicted octanol–water partition coefficient (Wildman–Crippen LogP) is 4.57. The molecule has 2 aliphatic rings. The highest BCUT2D eigenvalue weighted by atomic mass is 16.2. The Balaban J connectivity index is 1.49. The number of benzene rings is 3. The van der Waals surface area contributed by atoms with Crippen LogP contribution in [0.1, 0.15) is 33.2 Å². The molecule has 0 unspecified atom stereocenters. The minimum atomic E-state index is -0.682. The predicted molar refractivity (Wildman–Crippen MR) is 138 cm³/mol. The van der Waals surface area contributed by atoms with E-state index in [4.69, 9.17) is 0 Å². The third-order valence-corrected chi connectivity index (χ3v) is 6.96. The minimum absolute atomic E-state index is 0.265. The molecule has 0 aliphatic carbocycles. The third-order valence-electron chi connectivity index (χ3n) is 6.96. The van der Waals surface area contributed by atoms with Crippen LogP contribution in [-0.2, 0) is 11.2 Å². The number of rotatable bonds is 5. The fourth-order valence-electron chi connectivity index (χ4n) is 5.40. The molecule has 3 heterocycles. The van der Waals surface area contributed by atoms with Crippen molar-refractivity contribution >= 4 is 34.4 Å². The van der Waals surface area contributed by atoms with Gasteiger partial charge in [-0.1, -0.05) is 66.7 Å². The molecule has 1 aromatic heterocycles. The number of hydrogen-bond acceptors (Lipinski definition) is 3. The minimum Gasteiger partial charge on any atom is -0.356 e. The summed E-state index contributed by atoms with van der Waals surface area (Å²) < 4.78 is 0. The summed E-state index contributed by atoms with van der Waals surface area (Å²) in [6.45, 7) is 3.91. The fourth-order valence-corrected chi connectivity index (χ4v) is 5.40. The summed E-state index contributed by atoms with van der Waals surface area (Å²) in [6.07, 6.45) is 1.98. The highest BCUT2D eigenvalue weighted by Gasteiger charge is 2.53. The van der Waals surface area contributed by atoms with Crippen LogP contribution in [0.4, 0.5) is 10.5 Å². The van der Waals surface area contributed by atoms with E-state index in [1.165, 1.54) is 0 Å². The topological polar surface area (TPSA) is 85.5 Å². The van der Waals surface area contributed by atoms with E-state index in [2.05, 4.69) is 16.9 Å². The standard InChI is InChI=1S/C29H24N4O3/c1-2-16-30-27(34)20-13-7-9-15-23(20)33-28(35)24-17-21-19-12-6-8-14-22(19)31-25(21)26(32(24)29(33)36)18-10-4-3-5-11-18/h2-15,24,26,31H,1,16-17H2,(H,30,34)/t24-,26-/m0/s1. The number of nitrogens with zero attached hydrogens (tertiary/aromatic N) is 2. The summed E-state index contributed by atoms with van der Waals surface area (Å²) in [6, 6.07) is 22.9. The van der Waals surface area contributed by atoms with Crippen molar-refractivity contribution in [2.75, 3.05) is 11.4 Å². The molecule has 4 amide bonds. The van der Waals surface area contributed by atoms with Crippen molar-refractivity contribution in [3.05, 3.63) is 114 Å². The normalized spacial score (nSPS) is 18.8. The van der Waals surface area contributed by atoms with Crippen LogP contribution in [0.5, 0.6) is 0 Å². The van der Waals surface area contributed by atoms with Gasteiger partial charge < -0.3 is 10.3 Å². The Bertz CT molecular complexity index is 1520. The average molecular weight is 477 g/mol. The number of para-hydroxylation sites is 2. The van der Waals surface area contributed by atoms with Crippen molar-refractivity contribution in [2.24, 2.45) is 0 Å². The Kier molecular flexibility index (Phi) is 5.18. The maximum Gasteiger partial charge on any atom is 0.332 e. The first-order chi connectivity index (χ1) is 17.6. The molecule has 36 heavy (non-hydrogen) atoms. The Labute approximate surface area is 208 Å². The lowest BCUT2D eigenvalue weighted by atomic mass is 9.89. The van der Waals surface area contributed by atoms with E-state index in [-0.39, 0.29) is 29.6 Å². The number of aromatic nitrogens is 1. The molecule has 3 aromatic carbocycles. The average Bonchev–Trinajstić information content (AvgIpc) is 3.41. The number of carbonyl (C=O) groups excluding carboxylic acids is 3. The highest BCUT2D eigenvalue weighted by molar-refractivity contribution is 6.24. The van der Waals surface area contributed by atoms with Gasteiger partial charge in [-0.05, 0) is 29.3 Å². The Hall–Kier alpha value is -4.65. The first kappa shape index (κ1) is 21.9. The summed E-state index contributed by atoms with van der Waals surface area (Å²) in [5.41, 5.74) is 4.39.